The van der Waals surface area contributed by atoms with Gasteiger partial charge in [-0.05, 0) is 119 Å². The standard InChI is InChI=1S/C52H46N4O8/c1-57-40-17-9-29(21-44(40)61-5)38-27-37-26-35-14-13-33(53-35)25-34-15-16-36(54-34)28-39-48(30-10-18-41(58-2)45(22-30)62-6)49(31-11-19-42(59-3)46(23-31)63-7)52(56-39)50(51(38)55-37)32-12-20-43(60-4)47(24-32)64-8/h9-28,53,56H,1-8H3. The van der Waals surface area contributed by atoms with E-state index in [9.17, 15) is 0 Å². The number of hydrogen-bond donors (Lipinski definition) is 2. The van der Waals surface area contributed by atoms with Crippen LogP contribution in [0.1, 0.15) is 28.3 Å². The molecule has 9 rings (SSSR count). The Kier molecular flexibility index (Phi) is 11.2. The Hall–Kier alpha value is -8.12. The van der Waals surface area contributed by atoms with E-state index in [0.29, 0.717) is 51.7 Å². The average Bonchev–Trinajstić information content (AvgIpc) is 4.15. The van der Waals surface area contributed by atoms with E-state index < -0.39 is 0 Å². The summed E-state index contributed by atoms with van der Waals surface area (Å²) in [6.07, 6.45) is 6.10. The molecule has 2 aliphatic rings. The molecule has 0 atom stereocenters. The second kappa shape index (κ2) is 17.3. The van der Waals surface area contributed by atoms with Crippen LogP contribution in [0.25, 0.3) is 79.2 Å². The SMILES string of the molecule is COc1ccc(C2=Cc3cc4ccc(cc5nc(cc6[nH]c(c(-c7ccc(OC)c(OC)c7)c2n3)c(-c2ccc(OC)c(OC)c2)c6-c2ccc(OC)c(OC)c2)C=C5)[nH]4)cc1OC. The lowest BCUT2D eigenvalue weighted by Gasteiger charge is -2.16. The molecule has 0 spiro atoms. The summed E-state index contributed by atoms with van der Waals surface area (Å²) >= 11 is 0. The van der Waals surface area contributed by atoms with Gasteiger partial charge in [-0.15, -0.1) is 0 Å². The fraction of sp³-hybridized carbons (Fsp3) is 0.154. The lowest BCUT2D eigenvalue weighted by molar-refractivity contribution is 0.355. The normalized spacial score (nSPS) is 11.8. The first-order chi connectivity index (χ1) is 31.3. The molecule has 64 heavy (non-hydrogen) atoms. The topological polar surface area (TPSA) is 131 Å². The molecule has 7 aromatic rings. The van der Waals surface area contributed by atoms with Crippen molar-refractivity contribution in [1.82, 2.24) is 19.9 Å². The van der Waals surface area contributed by atoms with E-state index in [0.717, 1.165) is 83.7 Å². The van der Waals surface area contributed by atoms with E-state index >= 15 is 0 Å². The van der Waals surface area contributed by atoms with E-state index in [2.05, 4.69) is 22.1 Å². The summed E-state index contributed by atoms with van der Waals surface area (Å²) in [5, 5.41) is 0. The zero-order chi connectivity index (χ0) is 44.5. The van der Waals surface area contributed by atoms with Crippen LogP contribution in [0.3, 0.4) is 0 Å². The van der Waals surface area contributed by atoms with Gasteiger partial charge >= 0.3 is 0 Å². The van der Waals surface area contributed by atoms with Crippen molar-refractivity contribution in [1.29, 1.82) is 0 Å². The zero-order valence-corrected chi connectivity index (χ0v) is 36.7. The second-order valence-corrected chi connectivity index (χ2v) is 14.9. The van der Waals surface area contributed by atoms with Crippen molar-refractivity contribution in [3.05, 3.63) is 131 Å². The van der Waals surface area contributed by atoms with Gasteiger partial charge in [0, 0.05) is 38.8 Å². The van der Waals surface area contributed by atoms with Gasteiger partial charge in [0.05, 0.1) is 85.2 Å². The summed E-state index contributed by atoms with van der Waals surface area (Å²) in [4.78, 5) is 18.0. The lowest BCUT2D eigenvalue weighted by atomic mass is 9.90. The third-order valence-electron chi connectivity index (χ3n) is 11.3. The summed E-state index contributed by atoms with van der Waals surface area (Å²) in [5.41, 5.74) is 12.9. The molecule has 12 nitrogen and oxygen atoms in total. The number of H-pyrrole nitrogens is 2. The van der Waals surface area contributed by atoms with Gasteiger partial charge in [-0.3, -0.25) is 0 Å². The highest BCUT2D eigenvalue weighted by Crippen LogP contribution is 2.49. The van der Waals surface area contributed by atoms with Crippen molar-refractivity contribution in [2.75, 3.05) is 56.9 Å². The van der Waals surface area contributed by atoms with Crippen LogP contribution in [-0.2, 0) is 0 Å². The van der Waals surface area contributed by atoms with E-state index in [1.165, 1.54) is 0 Å². The maximum atomic E-state index is 5.96. The summed E-state index contributed by atoms with van der Waals surface area (Å²) in [6.45, 7) is 0. The van der Waals surface area contributed by atoms with Crippen molar-refractivity contribution in [2.45, 2.75) is 0 Å². The number of nitrogens with one attached hydrogen (secondary N) is 2. The third-order valence-corrected chi connectivity index (χ3v) is 11.3. The van der Waals surface area contributed by atoms with Crippen molar-refractivity contribution in [2.24, 2.45) is 0 Å². The van der Waals surface area contributed by atoms with Crippen LogP contribution in [0, 0.1) is 0 Å². The summed E-state index contributed by atoms with van der Waals surface area (Å²) in [7, 11) is 13.0. The fourth-order valence-corrected chi connectivity index (χ4v) is 8.32. The van der Waals surface area contributed by atoms with Gasteiger partial charge < -0.3 is 47.9 Å². The van der Waals surface area contributed by atoms with Crippen molar-refractivity contribution in [3.8, 4) is 79.4 Å². The van der Waals surface area contributed by atoms with Gasteiger partial charge in [0.25, 0.3) is 0 Å². The lowest BCUT2D eigenvalue weighted by Crippen LogP contribution is -1.97. The van der Waals surface area contributed by atoms with Crippen molar-refractivity contribution >= 4 is 45.9 Å². The highest BCUT2D eigenvalue weighted by molar-refractivity contribution is 6.11. The van der Waals surface area contributed by atoms with Crippen molar-refractivity contribution in [3.63, 3.8) is 0 Å². The number of hydrogen-bond acceptors (Lipinski definition) is 10. The monoisotopic (exact) mass is 854 g/mol. The van der Waals surface area contributed by atoms with Gasteiger partial charge in [0.1, 0.15) is 0 Å². The van der Waals surface area contributed by atoms with Gasteiger partial charge in [0.15, 0.2) is 46.0 Å². The van der Waals surface area contributed by atoms with Crippen LogP contribution >= 0.6 is 0 Å². The highest BCUT2D eigenvalue weighted by atomic mass is 16.5. The molecule has 0 fully saturated rings. The number of fused-ring (bicyclic) bond motifs is 8. The van der Waals surface area contributed by atoms with Crippen LogP contribution < -0.4 is 37.9 Å². The predicted octanol–water partition coefficient (Wildman–Crippen LogP) is 11.1. The molecule has 3 aromatic heterocycles. The van der Waals surface area contributed by atoms with Gasteiger partial charge in [0.2, 0.25) is 0 Å². The number of methoxy groups -OCH3 is 8. The number of aromatic amines is 2. The maximum Gasteiger partial charge on any atom is 0.161 e. The molecule has 0 saturated heterocycles. The minimum absolute atomic E-state index is 0.542. The number of nitrogens with zero attached hydrogens (tertiary/aromatic N) is 2. The summed E-state index contributed by atoms with van der Waals surface area (Å²) in [6, 6.07) is 33.8. The molecular weight excluding hydrogens is 809 g/mol. The molecule has 322 valence electrons. The van der Waals surface area contributed by atoms with Crippen LogP contribution in [0.15, 0.2) is 103 Å². The smallest absolute Gasteiger partial charge is 0.161 e. The molecule has 4 aromatic carbocycles. The Labute approximate surface area is 370 Å². The van der Waals surface area contributed by atoms with E-state index in [-0.39, 0.29) is 0 Å². The van der Waals surface area contributed by atoms with E-state index in [4.69, 9.17) is 47.9 Å². The Morgan fingerprint density at radius 1 is 0.359 bits per heavy atom. The number of benzene rings is 4. The Bertz CT molecular complexity index is 3180. The van der Waals surface area contributed by atoms with Crippen LogP contribution in [0.4, 0.5) is 0 Å². The van der Waals surface area contributed by atoms with Crippen molar-refractivity contribution < 1.29 is 37.9 Å². The minimum Gasteiger partial charge on any atom is -0.493 e. The first-order valence-corrected chi connectivity index (χ1v) is 20.4. The molecule has 2 aliphatic heterocycles. The first-order valence-electron chi connectivity index (χ1n) is 20.4. The quantitative estimate of drug-likeness (QED) is 0.122. The molecule has 2 N–H and O–H groups in total. The molecule has 0 aliphatic carbocycles. The molecule has 12 heteroatoms. The Morgan fingerprint density at radius 3 is 1.28 bits per heavy atom. The van der Waals surface area contributed by atoms with Crippen LogP contribution in [0.5, 0.6) is 46.0 Å². The van der Waals surface area contributed by atoms with Crippen LogP contribution in [0.2, 0.25) is 0 Å². The summed E-state index contributed by atoms with van der Waals surface area (Å²) < 4.78 is 46.6. The Morgan fingerprint density at radius 2 is 0.781 bits per heavy atom. The highest BCUT2D eigenvalue weighted by Gasteiger charge is 2.27. The zero-order valence-electron chi connectivity index (χ0n) is 36.7. The van der Waals surface area contributed by atoms with Gasteiger partial charge in [-0.2, -0.15) is 0 Å². The number of ether oxygens (including phenoxy) is 8. The third kappa shape index (κ3) is 7.48. The van der Waals surface area contributed by atoms with E-state index in [1.807, 2.05) is 109 Å². The fourth-order valence-electron chi connectivity index (χ4n) is 8.32. The molecule has 0 amide bonds. The average molecular weight is 855 g/mol. The van der Waals surface area contributed by atoms with Gasteiger partial charge in [-0.25, -0.2) is 9.97 Å². The predicted molar refractivity (Wildman–Crippen MR) is 252 cm³/mol. The van der Waals surface area contributed by atoms with Gasteiger partial charge in [-0.1, -0.05) is 24.3 Å². The largest absolute Gasteiger partial charge is 0.493 e. The maximum absolute atomic E-state index is 5.96. The van der Waals surface area contributed by atoms with E-state index in [1.54, 1.807) is 56.9 Å². The molecule has 8 bridgehead atoms. The number of aromatic nitrogens is 4. The molecule has 5 heterocycles. The number of rotatable bonds is 12. The summed E-state index contributed by atoms with van der Waals surface area (Å²) in [5.74, 6) is 4.60. The second-order valence-electron chi connectivity index (χ2n) is 14.9. The molecule has 0 radical (unpaired) electrons. The molecule has 0 saturated carbocycles. The molecule has 0 unspecified atom stereocenters. The van der Waals surface area contributed by atoms with Crippen LogP contribution in [-0.4, -0.2) is 76.8 Å². The minimum atomic E-state index is 0.542. The first kappa shape index (κ1) is 41.2. The molecular formula is C52H46N4O8. The Balaban J connectivity index is 1.55.